The first kappa shape index (κ1) is 21.4. The van der Waals surface area contributed by atoms with Crippen LogP contribution in [-0.2, 0) is 11.0 Å². The van der Waals surface area contributed by atoms with E-state index in [4.69, 9.17) is 9.26 Å². The molecule has 2 atom stereocenters. The molecule has 8 heteroatoms. The molecule has 0 bridgehead atoms. The number of rotatable bonds is 7. The number of carbonyl (C=O) groups is 1. The van der Waals surface area contributed by atoms with E-state index in [-0.39, 0.29) is 23.1 Å². The number of hydrogen-bond donors (Lipinski definition) is 2. The number of aliphatic hydroxyl groups is 1. The molecule has 0 amide bonds. The van der Waals surface area contributed by atoms with E-state index in [0.29, 0.717) is 30.8 Å². The number of piperidine rings is 1. The highest BCUT2D eigenvalue weighted by Gasteiger charge is 2.47. The van der Waals surface area contributed by atoms with Gasteiger partial charge in [-0.15, -0.1) is 0 Å². The Labute approximate surface area is 168 Å². The van der Waals surface area contributed by atoms with Crippen LogP contribution in [0, 0.1) is 0 Å². The van der Waals surface area contributed by atoms with Crippen LogP contribution >= 0.6 is 0 Å². The Bertz CT molecular complexity index is 852. The molecule has 0 saturated carbocycles. The number of nitrogens with zero attached hydrogens (tertiary/aromatic N) is 1. The lowest BCUT2D eigenvalue weighted by Crippen LogP contribution is -2.52. The van der Waals surface area contributed by atoms with Gasteiger partial charge < -0.3 is 19.7 Å². The van der Waals surface area contributed by atoms with Crippen molar-refractivity contribution < 1.29 is 27.9 Å². The van der Waals surface area contributed by atoms with Gasteiger partial charge in [-0.25, -0.2) is 8.78 Å². The van der Waals surface area contributed by atoms with Crippen LogP contribution in [0.3, 0.4) is 0 Å². The maximum Gasteiger partial charge on any atom is 0.272 e. The third kappa shape index (κ3) is 4.48. The standard InChI is InChI=1S/C21H26F2N2O4/c1-13-8-9-21(12-24-13,17-10-16(25-29-17)20(2,3)27)19(26)14-6-4-5-7-15(14)28-11-18(22)23/h4-7,10,13,18,24,27H,8-9,11-12H2,1-3H3/t13-,21-/m1/s1. The van der Waals surface area contributed by atoms with Crippen molar-refractivity contribution in [3.05, 3.63) is 47.3 Å². The number of Topliss-reactive ketones (excluding diaryl/α,β-unsaturated/α-hetero) is 1. The summed E-state index contributed by atoms with van der Waals surface area (Å²) in [6.45, 7) is 4.70. The molecule has 0 spiro atoms. The van der Waals surface area contributed by atoms with E-state index >= 15 is 0 Å². The van der Waals surface area contributed by atoms with Gasteiger partial charge in [-0.2, -0.15) is 0 Å². The quantitative estimate of drug-likeness (QED) is 0.683. The van der Waals surface area contributed by atoms with E-state index in [0.717, 1.165) is 0 Å². The summed E-state index contributed by atoms with van der Waals surface area (Å²) < 4.78 is 36.0. The van der Waals surface area contributed by atoms with E-state index in [2.05, 4.69) is 10.5 Å². The van der Waals surface area contributed by atoms with Crippen molar-refractivity contribution in [2.24, 2.45) is 0 Å². The van der Waals surface area contributed by atoms with Gasteiger partial charge in [0.05, 0.1) is 5.56 Å². The van der Waals surface area contributed by atoms with Crippen LogP contribution in [0.15, 0.2) is 34.9 Å². The van der Waals surface area contributed by atoms with Gasteiger partial charge in [0.2, 0.25) is 0 Å². The normalized spacial score (nSPS) is 22.7. The number of ketones is 1. The molecular formula is C21H26F2N2O4. The topological polar surface area (TPSA) is 84.6 Å². The van der Waals surface area contributed by atoms with Crippen LogP contribution in [0.25, 0.3) is 0 Å². The summed E-state index contributed by atoms with van der Waals surface area (Å²) in [7, 11) is 0. The summed E-state index contributed by atoms with van der Waals surface area (Å²) in [6.07, 6.45) is -1.44. The fourth-order valence-electron chi connectivity index (χ4n) is 3.50. The van der Waals surface area contributed by atoms with E-state index in [1.165, 1.54) is 6.07 Å². The van der Waals surface area contributed by atoms with Gasteiger partial charge in [-0.05, 0) is 45.7 Å². The Morgan fingerprint density at radius 2 is 2.17 bits per heavy atom. The lowest BCUT2D eigenvalue weighted by Gasteiger charge is -2.37. The molecule has 2 heterocycles. The lowest BCUT2D eigenvalue weighted by atomic mass is 9.71. The second kappa shape index (κ2) is 8.20. The van der Waals surface area contributed by atoms with Gasteiger partial charge in [-0.1, -0.05) is 17.3 Å². The molecule has 3 rings (SSSR count). The molecule has 6 nitrogen and oxygen atoms in total. The third-order valence-electron chi connectivity index (χ3n) is 5.30. The molecule has 1 fully saturated rings. The highest BCUT2D eigenvalue weighted by atomic mass is 19.3. The van der Waals surface area contributed by atoms with E-state index in [1.54, 1.807) is 38.1 Å². The predicted octanol–water partition coefficient (Wildman–Crippen LogP) is 3.44. The summed E-state index contributed by atoms with van der Waals surface area (Å²) in [5.74, 6) is 0.154. The monoisotopic (exact) mass is 408 g/mol. The van der Waals surface area contributed by atoms with Gasteiger partial charge in [0, 0.05) is 18.7 Å². The van der Waals surface area contributed by atoms with E-state index in [9.17, 15) is 18.7 Å². The minimum absolute atomic E-state index is 0.109. The summed E-state index contributed by atoms with van der Waals surface area (Å²) in [4.78, 5) is 13.7. The van der Waals surface area contributed by atoms with Gasteiger partial charge >= 0.3 is 0 Å². The van der Waals surface area contributed by atoms with Crippen molar-refractivity contribution in [2.75, 3.05) is 13.2 Å². The first-order chi connectivity index (χ1) is 13.6. The number of carbonyl (C=O) groups excluding carboxylic acids is 1. The smallest absolute Gasteiger partial charge is 0.272 e. The fourth-order valence-corrected chi connectivity index (χ4v) is 3.50. The van der Waals surface area contributed by atoms with Crippen molar-refractivity contribution in [3.8, 4) is 5.75 Å². The predicted molar refractivity (Wildman–Crippen MR) is 102 cm³/mol. The molecule has 29 heavy (non-hydrogen) atoms. The Balaban J connectivity index is 2.02. The molecule has 0 radical (unpaired) electrons. The third-order valence-corrected chi connectivity index (χ3v) is 5.30. The summed E-state index contributed by atoms with van der Waals surface area (Å²) in [6, 6.07) is 8.18. The van der Waals surface area contributed by atoms with Crippen LogP contribution in [0.1, 0.15) is 55.4 Å². The van der Waals surface area contributed by atoms with Crippen LogP contribution in [0.4, 0.5) is 8.78 Å². The lowest BCUT2D eigenvalue weighted by molar-refractivity contribution is 0.0692. The first-order valence-electron chi connectivity index (χ1n) is 9.62. The maximum atomic E-state index is 13.7. The van der Waals surface area contributed by atoms with Crippen LogP contribution in [-0.4, -0.2) is 41.7 Å². The molecule has 1 aliphatic rings. The molecule has 2 N–H and O–H groups in total. The average Bonchev–Trinajstić information content (AvgIpc) is 3.18. The fraction of sp³-hybridized carbons (Fsp3) is 0.524. The molecule has 158 valence electrons. The molecule has 0 unspecified atom stereocenters. The van der Waals surface area contributed by atoms with Crippen molar-refractivity contribution in [3.63, 3.8) is 0 Å². The second-order valence-electron chi connectivity index (χ2n) is 8.07. The van der Waals surface area contributed by atoms with E-state index in [1.807, 2.05) is 6.92 Å². The van der Waals surface area contributed by atoms with Gasteiger partial charge in [0.25, 0.3) is 6.43 Å². The number of ether oxygens (including phenoxy) is 1. The molecule has 1 aromatic heterocycles. The van der Waals surface area contributed by atoms with Crippen molar-refractivity contribution in [1.29, 1.82) is 0 Å². The minimum Gasteiger partial charge on any atom is -0.487 e. The van der Waals surface area contributed by atoms with Gasteiger partial charge in [0.1, 0.15) is 29.1 Å². The first-order valence-corrected chi connectivity index (χ1v) is 9.62. The molecular weight excluding hydrogens is 382 g/mol. The molecule has 2 aromatic rings. The minimum atomic E-state index is -2.65. The van der Waals surface area contributed by atoms with Gasteiger partial charge in [-0.3, -0.25) is 4.79 Å². The number of aromatic nitrogens is 1. The Hall–Kier alpha value is -2.32. The molecule has 1 aromatic carbocycles. The van der Waals surface area contributed by atoms with Crippen molar-refractivity contribution >= 4 is 5.78 Å². The largest absolute Gasteiger partial charge is 0.487 e. The number of para-hydroxylation sites is 1. The van der Waals surface area contributed by atoms with Crippen LogP contribution in [0.2, 0.25) is 0 Å². The maximum absolute atomic E-state index is 13.7. The highest BCUT2D eigenvalue weighted by molar-refractivity contribution is 6.06. The van der Waals surface area contributed by atoms with Crippen LogP contribution in [0.5, 0.6) is 5.75 Å². The Morgan fingerprint density at radius 1 is 1.45 bits per heavy atom. The zero-order valence-corrected chi connectivity index (χ0v) is 16.7. The number of nitrogens with one attached hydrogen (secondary N) is 1. The van der Waals surface area contributed by atoms with Crippen LogP contribution < -0.4 is 10.1 Å². The highest BCUT2D eigenvalue weighted by Crippen LogP contribution is 2.39. The van der Waals surface area contributed by atoms with E-state index < -0.39 is 24.0 Å². The number of halogens is 2. The zero-order valence-electron chi connectivity index (χ0n) is 16.7. The Kier molecular flexibility index (Phi) is 6.05. The zero-order chi connectivity index (χ0) is 21.2. The van der Waals surface area contributed by atoms with Gasteiger partial charge in [0.15, 0.2) is 11.5 Å². The second-order valence-corrected chi connectivity index (χ2v) is 8.07. The SMILES string of the molecule is C[C@@H]1CC[C@](C(=O)c2ccccc2OCC(F)F)(c2cc(C(C)(C)O)no2)CN1. The average molecular weight is 408 g/mol. The molecule has 0 aliphatic carbocycles. The number of benzene rings is 1. The number of alkyl halides is 2. The van der Waals surface area contributed by atoms with Crippen molar-refractivity contribution in [1.82, 2.24) is 10.5 Å². The molecule has 1 aliphatic heterocycles. The summed E-state index contributed by atoms with van der Waals surface area (Å²) >= 11 is 0. The Morgan fingerprint density at radius 3 is 2.76 bits per heavy atom. The number of hydrogen-bond acceptors (Lipinski definition) is 6. The summed E-state index contributed by atoms with van der Waals surface area (Å²) in [5, 5.41) is 17.5. The van der Waals surface area contributed by atoms with Crippen molar-refractivity contribution in [2.45, 2.75) is 57.1 Å². The summed E-state index contributed by atoms with van der Waals surface area (Å²) in [5.41, 5.74) is -1.77. The molecule has 1 saturated heterocycles.